The van der Waals surface area contributed by atoms with Gasteiger partial charge >= 0.3 is 12.1 Å². The number of amides is 2. The molecule has 0 bridgehead atoms. The van der Waals surface area contributed by atoms with Gasteiger partial charge in [-0.05, 0) is 12.1 Å². The maximum absolute atomic E-state index is 12.3. The number of rotatable bonds is 4. The zero-order chi connectivity index (χ0) is 19.5. The Morgan fingerprint density at radius 2 is 1.92 bits per heavy atom. The minimum absolute atomic E-state index is 0.229. The topological polar surface area (TPSA) is 175 Å². The number of hydrogen-bond donors (Lipinski definition) is 6. The Kier molecular flexibility index (Phi) is 6.13. The fraction of sp³-hybridized carbons (Fsp3) is 0.467. The van der Waals surface area contributed by atoms with Crippen LogP contribution in [0.4, 0.5) is 10.5 Å². The third-order valence-electron chi connectivity index (χ3n) is 3.79. The Morgan fingerprint density at radius 1 is 1.31 bits per heavy atom. The Balaban J connectivity index is 2.26. The van der Waals surface area contributed by atoms with E-state index in [0.29, 0.717) is 5.01 Å². The molecule has 11 heteroatoms. The number of carbonyl (C=O) groups excluding carboxylic acids is 2. The molecule has 1 aromatic rings. The van der Waals surface area contributed by atoms with E-state index in [1.165, 1.54) is 12.1 Å². The van der Waals surface area contributed by atoms with Gasteiger partial charge in [0, 0.05) is 6.92 Å². The van der Waals surface area contributed by atoms with Gasteiger partial charge < -0.3 is 35.2 Å². The van der Waals surface area contributed by atoms with Crippen LogP contribution in [0.1, 0.15) is 6.92 Å². The number of benzene rings is 1. The summed E-state index contributed by atoms with van der Waals surface area (Å²) in [6.07, 6.45) is -6.20. The van der Waals surface area contributed by atoms with E-state index in [1.54, 1.807) is 18.2 Å². The molecule has 5 atom stereocenters. The molecule has 1 aliphatic heterocycles. The van der Waals surface area contributed by atoms with E-state index >= 15 is 0 Å². The molecule has 0 spiro atoms. The fourth-order valence-electron chi connectivity index (χ4n) is 2.49. The van der Waals surface area contributed by atoms with Crippen molar-refractivity contribution < 1.29 is 39.5 Å². The molecule has 11 nitrogen and oxygen atoms in total. The lowest BCUT2D eigenvalue weighted by molar-refractivity contribution is -0.405. The number of aliphatic hydroxyl groups excluding tert-OH is 3. The van der Waals surface area contributed by atoms with Gasteiger partial charge in [-0.2, -0.15) is 0 Å². The van der Waals surface area contributed by atoms with Crippen molar-refractivity contribution in [3.8, 4) is 0 Å². The number of aliphatic hydroxyl groups is 4. The van der Waals surface area contributed by atoms with Crippen LogP contribution in [0.3, 0.4) is 0 Å². The number of hydrogen-bond acceptors (Lipinski definition) is 9. The maximum Gasteiger partial charge on any atom is 0.433 e. The van der Waals surface area contributed by atoms with Crippen molar-refractivity contribution in [3.63, 3.8) is 0 Å². The first-order valence-corrected chi connectivity index (χ1v) is 7.66. The molecule has 1 fully saturated rings. The lowest BCUT2D eigenvalue weighted by Gasteiger charge is -2.46. The monoisotopic (exact) mass is 371 g/mol. The molecule has 1 aliphatic rings. The minimum atomic E-state index is -2.89. The number of nitrogens with one attached hydrogen (secondary N) is 1. The van der Waals surface area contributed by atoms with Crippen LogP contribution >= 0.6 is 0 Å². The highest BCUT2D eigenvalue weighted by atomic mass is 16.8. The number of ether oxygens (including phenoxy) is 2. The van der Waals surface area contributed by atoms with E-state index in [1.807, 2.05) is 0 Å². The van der Waals surface area contributed by atoms with Crippen molar-refractivity contribution in [2.45, 2.75) is 37.3 Å². The third-order valence-corrected chi connectivity index (χ3v) is 3.79. The second-order valence-electron chi connectivity index (χ2n) is 5.70. The molecule has 7 N–H and O–H groups in total. The normalized spacial score (nSPS) is 31.2. The first kappa shape index (κ1) is 20.0. The summed E-state index contributed by atoms with van der Waals surface area (Å²) in [6, 6.07) is 6.16. The van der Waals surface area contributed by atoms with E-state index in [-0.39, 0.29) is 5.69 Å². The molecule has 2 rings (SSSR count). The molecule has 0 saturated carbocycles. The van der Waals surface area contributed by atoms with Gasteiger partial charge in [-0.3, -0.25) is 4.79 Å². The van der Waals surface area contributed by atoms with Crippen LogP contribution in [0.2, 0.25) is 0 Å². The molecular formula is C15H21N3O8. The summed E-state index contributed by atoms with van der Waals surface area (Å²) in [5, 5.41) is 42.6. The van der Waals surface area contributed by atoms with Crippen molar-refractivity contribution >= 4 is 17.7 Å². The lowest BCUT2D eigenvalue weighted by Crippen LogP contribution is -2.71. The first-order chi connectivity index (χ1) is 12.2. The number of para-hydroxylation sites is 1. The van der Waals surface area contributed by atoms with Gasteiger partial charge in [-0.25, -0.2) is 15.6 Å². The van der Waals surface area contributed by atoms with Crippen molar-refractivity contribution in [3.05, 3.63) is 30.3 Å². The Labute approximate surface area is 148 Å². The largest absolute Gasteiger partial charge is 0.433 e. The van der Waals surface area contributed by atoms with Crippen LogP contribution in [0, 0.1) is 0 Å². The van der Waals surface area contributed by atoms with Gasteiger partial charge in [0.25, 0.3) is 0 Å². The number of carbonyl (C=O) groups is 2. The van der Waals surface area contributed by atoms with Crippen LogP contribution in [0.15, 0.2) is 30.3 Å². The number of nitrogens with zero attached hydrogens (tertiary/aromatic N) is 1. The summed E-state index contributed by atoms with van der Waals surface area (Å²) in [4.78, 5) is 23.6. The van der Waals surface area contributed by atoms with Crippen molar-refractivity contribution in [2.24, 2.45) is 5.84 Å². The highest BCUT2D eigenvalue weighted by Crippen LogP contribution is 2.30. The van der Waals surface area contributed by atoms with E-state index in [0.717, 1.165) is 6.92 Å². The van der Waals surface area contributed by atoms with E-state index < -0.39 is 48.9 Å². The van der Waals surface area contributed by atoms with Crippen molar-refractivity contribution in [1.82, 2.24) is 5.32 Å². The summed E-state index contributed by atoms with van der Waals surface area (Å²) in [5.74, 6) is 2.05. The molecule has 1 aromatic carbocycles. The Bertz CT molecular complexity index is 645. The van der Waals surface area contributed by atoms with Gasteiger partial charge in [-0.15, -0.1) is 0 Å². The zero-order valence-corrected chi connectivity index (χ0v) is 13.8. The molecule has 0 radical (unpaired) electrons. The average Bonchev–Trinajstić information content (AvgIpc) is 2.61. The van der Waals surface area contributed by atoms with Crippen molar-refractivity contribution in [1.29, 1.82) is 0 Å². The number of anilines is 1. The van der Waals surface area contributed by atoms with Gasteiger partial charge in [0.2, 0.25) is 5.91 Å². The van der Waals surface area contributed by atoms with Gasteiger partial charge in [0.1, 0.15) is 18.3 Å². The minimum Gasteiger partial charge on any atom is -0.394 e. The molecule has 1 unspecified atom stereocenters. The maximum atomic E-state index is 12.3. The zero-order valence-electron chi connectivity index (χ0n) is 13.8. The summed E-state index contributed by atoms with van der Waals surface area (Å²) >= 11 is 0. The highest BCUT2D eigenvalue weighted by Gasteiger charge is 2.57. The standard InChI is InChI=1S/C15H21N3O8/c1-8(20)17-13-12(22)11(21)10(7-19)25-15(13,24)26-14(23)18(16)9-5-3-2-4-6-9/h2-6,10-13,19,21-22,24H,7,16H2,1H3,(H,17,20)/t10-,11-,12+,13-,15?/m1/s1. The predicted molar refractivity (Wildman–Crippen MR) is 86.1 cm³/mol. The quantitative estimate of drug-likeness (QED) is 0.148. The van der Waals surface area contributed by atoms with Gasteiger partial charge in [-0.1, -0.05) is 18.2 Å². The fourth-order valence-corrected chi connectivity index (χ4v) is 2.49. The van der Waals surface area contributed by atoms with E-state index in [9.17, 15) is 30.0 Å². The highest BCUT2D eigenvalue weighted by molar-refractivity contribution is 5.86. The molecule has 144 valence electrons. The van der Waals surface area contributed by atoms with E-state index in [2.05, 4.69) is 5.32 Å². The second kappa shape index (κ2) is 7.95. The number of nitrogens with two attached hydrogens (primary N) is 1. The lowest BCUT2D eigenvalue weighted by atomic mass is 9.95. The van der Waals surface area contributed by atoms with Crippen LogP contribution in [0.5, 0.6) is 0 Å². The SMILES string of the molecule is CC(=O)N[C@@H]1[C@@H](O)[C@H](O)[C@@H](CO)OC1(O)OC(=O)N(N)c1ccccc1. The first-order valence-electron chi connectivity index (χ1n) is 7.66. The number of hydrazine groups is 1. The molecule has 0 aromatic heterocycles. The molecule has 0 aliphatic carbocycles. The molecule has 26 heavy (non-hydrogen) atoms. The molecule has 2 amide bonds. The third kappa shape index (κ3) is 4.09. The van der Waals surface area contributed by atoms with Crippen LogP contribution in [0.25, 0.3) is 0 Å². The van der Waals surface area contributed by atoms with Gasteiger partial charge in [0.15, 0.2) is 6.04 Å². The van der Waals surface area contributed by atoms with Crippen molar-refractivity contribution in [2.75, 3.05) is 11.6 Å². The summed E-state index contributed by atoms with van der Waals surface area (Å²) in [5.41, 5.74) is 0.229. The van der Waals surface area contributed by atoms with E-state index in [4.69, 9.17) is 15.3 Å². The predicted octanol–water partition coefficient (Wildman–Crippen LogP) is -2.23. The Hall–Kier alpha value is -2.28. The second-order valence-corrected chi connectivity index (χ2v) is 5.70. The average molecular weight is 371 g/mol. The van der Waals surface area contributed by atoms with Gasteiger partial charge in [0.05, 0.1) is 12.3 Å². The summed E-state index contributed by atoms with van der Waals surface area (Å²) in [7, 11) is 0. The van der Waals surface area contributed by atoms with Crippen LogP contribution in [-0.2, 0) is 14.3 Å². The van der Waals surface area contributed by atoms with Crippen LogP contribution < -0.4 is 16.2 Å². The molecule has 1 saturated heterocycles. The smallest absolute Gasteiger partial charge is 0.394 e. The Morgan fingerprint density at radius 3 is 2.46 bits per heavy atom. The summed E-state index contributed by atoms with van der Waals surface area (Å²) < 4.78 is 9.89. The molecule has 1 heterocycles. The molecular weight excluding hydrogens is 350 g/mol. The van der Waals surface area contributed by atoms with Crippen LogP contribution in [-0.4, -0.2) is 69.4 Å². The summed E-state index contributed by atoms with van der Waals surface area (Å²) in [6.45, 7) is 0.286.